The van der Waals surface area contributed by atoms with Gasteiger partial charge in [0, 0.05) is 37.8 Å². The van der Waals surface area contributed by atoms with Crippen LogP contribution in [0.2, 0.25) is 0 Å². The molecule has 0 N–H and O–H groups in total. The lowest BCUT2D eigenvalue weighted by atomic mass is 10.1. The number of carbonyl (C=O) groups excluding carboxylic acids is 1. The molecule has 34 heavy (non-hydrogen) atoms. The van der Waals surface area contributed by atoms with Crippen LogP contribution in [0.5, 0.6) is 0 Å². The van der Waals surface area contributed by atoms with Gasteiger partial charge in [-0.25, -0.2) is 14.5 Å². The fourth-order valence-corrected chi connectivity index (χ4v) is 4.87. The number of aromatic nitrogens is 3. The molecule has 1 aliphatic rings. The van der Waals surface area contributed by atoms with Crippen molar-refractivity contribution in [2.75, 3.05) is 37.7 Å². The minimum absolute atomic E-state index is 0.0745. The van der Waals surface area contributed by atoms with E-state index in [-0.39, 0.29) is 11.5 Å². The van der Waals surface area contributed by atoms with Crippen LogP contribution in [0, 0.1) is 0 Å². The zero-order chi connectivity index (χ0) is 23.5. The molecular formula is C25H25N5O3S. The number of piperazine rings is 1. The van der Waals surface area contributed by atoms with Crippen LogP contribution in [0.1, 0.15) is 17.3 Å². The summed E-state index contributed by atoms with van der Waals surface area (Å²) < 4.78 is 6.60. The van der Waals surface area contributed by atoms with Crippen LogP contribution < -0.4 is 10.5 Å². The van der Waals surface area contributed by atoms with Gasteiger partial charge in [-0.15, -0.1) is 11.3 Å². The van der Waals surface area contributed by atoms with E-state index >= 15 is 0 Å². The van der Waals surface area contributed by atoms with Crippen LogP contribution >= 0.6 is 11.3 Å². The molecule has 9 heteroatoms. The molecule has 174 valence electrons. The van der Waals surface area contributed by atoms with E-state index in [0.717, 1.165) is 48.0 Å². The largest absolute Gasteiger partial charge is 0.462 e. The number of rotatable bonds is 6. The number of pyridine rings is 1. The Bertz CT molecular complexity index is 1340. The van der Waals surface area contributed by atoms with E-state index in [1.165, 1.54) is 0 Å². The molecule has 1 fully saturated rings. The lowest BCUT2D eigenvalue weighted by Crippen LogP contribution is -2.48. The van der Waals surface area contributed by atoms with Gasteiger partial charge in [-0.3, -0.25) is 9.69 Å². The van der Waals surface area contributed by atoms with E-state index in [9.17, 15) is 9.59 Å². The van der Waals surface area contributed by atoms with Gasteiger partial charge in [0.05, 0.1) is 29.1 Å². The molecule has 0 bridgehead atoms. The van der Waals surface area contributed by atoms with Crippen LogP contribution in [0.25, 0.3) is 21.3 Å². The predicted molar refractivity (Wildman–Crippen MR) is 133 cm³/mol. The average molecular weight is 476 g/mol. The third kappa shape index (κ3) is 4.44. The van der Waals surface area contributed by atoms with Crippen molar-refractivity contribution in [3.05, 3.63) is 76.0 Å². The second kappa shape index (κ2) is 9.74. The topological polar surface area (TPSA) is 80.6 Å². The van der Waals surface area contributed by atoms with E-state index in [1.807, 2.05) is 47.8 Å². The van der Waals surface area contributed by atoms with Gasteiger partial charge in [-0.05, 0) is 36.6 Å². The predicted octanol–water partition coefficient (Wildman–Crippen LogP) is 3.48. The van der Waals surface area contributed by atoms with Gasteiger partial charge in [0.2, 0.25) is 0 Å². The van der Waals surface area contributed by atoms with Gasteiger partial charge < -0.3 is 9.64 Å². The van der Waals surface area contributed by atoms with Crippen molar-refractivity contribution in [3.8, 4) is 10.6 Å². The number of fused-ring (bicyclic) bond motifs is 1. The van der Waals surface area contributed by atoms with E-state index in [1.54, 1.807) is 35.2 Å². The molecule has 8 nitrogen and oxygen atoms in total. The lowest BCUT2D eigenvalue weighted by molar-refractivity contribution is 0.0526. The maximum atomic E-state index is 13.2. The summed E-state index contributed by atoms with van der Waals surface area (Å²) in [6.45, 7) is 5.65. The molecule has 0 amide bonds. The van der Waals surface area contributed by atoms with Crippen molar-refractivity contribution >= 4 is 33.9 Å². The van der Waals surface area contributed by atoms with E-state index in [2.05, 4.69) is 14.8 Å². The zero-order valence-electron chi connectivity index (χ0n) is 18.9. The molecule has 0 spiro atoms. The number of benzene rings is 1. The molecule has 1 aromatic carbocycles. The molecule has 1 saturated heterocycles. The summed E-state index contributed by atoms with van der Waals surface area (Å²) >= 11 is 1.62. The highest BCUT2D eigenvalue weighted by Gasteiger charge is 2.21. The third-order valence-corrected chi connectivity index (χ3v) is 6.79. The summed E-state index contributed by atoms with van der Waals surface area (Å²) in [6.07, 6.45) is 1.56. The third-order valence-electron chi connectivity index (χ3n) is 5.91. The number of hydrogen-bond donors (Lipinski definition) is 0. The van der Waals surface area contributed by atoms with Crippen LogP contribution in [-0.4, -0.2) is 58.4 Å². The Kier molecular flexibility index (Phi) is 6.37. The molecule has 5 rings (SSSR count). The van der Waals surface area contributed by atoms with Crippen LogP contribution in [0.15, 0.2) is 64.9 Å². The highest BCUT2D eigenvalue weighted by molar-refractivity contribution is 7.13. The minimum Gasteiger partial charge on any atom is -0.462 e. The SMILES string of the molecule is CCOC(=O)c1ccc(N2CCN(Cn3nc(-c4cccs4)c4ccccc4c3=O)CC2)nc1. The van der Waals surface area contributed by atoms with E-state index < -0.39 is 0 Å². The fraction of sp³-hybridized carbons (Fsp3) is 0.280. The zero-order valence-corrected chi connectivity index (χ0v) is 19.7. The average Bonchev–Trinajstić information content (AvgIpc) is 3.41. The van der Waals surface area contributed by atoms with Gasteiger partial charge in [-0.2, -0.15) is 5.10 Å². The number of anilines is 1. The molecule has 3 aromatic heterocycles. The Morgan fingerprint density at radius 1 is 1.03 bits per heavy atom. The molecule has 1 aliphatic heterocycles. The van der Waals surface area contributed by atoms with Gasteiger partial charge in [-0.1, -0.05) is 24.3 Å². The fourth-order valence-electron chi connectivity index (χ4n) is 4.14. The maximum Gasteiger partial charge on any atom is 0.339 e. The Labute approximate surface area is 201 Å². The van der Waals surface area contributed by atoms with Crippen molar-refractivity contribution < 1.29 is 9.53 Å². The van der Waals surface area contributed by atoms with Crippen LogP contribution in [0.3, 0.4) is 0 Å². The second-order valence-corrected chi connectivity index (χ2v) is 9.00. The number of esters is 1. The maximum absolute atomic E-state index is 13.2. The Balaban J connectivity index is 1.30. The van der Waals surface area contributed by atoms with Crippen LogP contribution in [-0.2, 0) is 11.4 Å². The molecule has 0 saturated carbocycles. The van der Waals surface area contributed by atoms with Gasteiger partial charge in [0.1, 0.15) is 11.5 Å². The number of thiophene rings is 1. The molecule has 0 radical (unpaired) electrons. The van der Waals surface area contributed by atoms with Gasteiger partial charge in [0.15, 0.2) is 0 Å². The first-order valence-electron chi connectivity index (χ1n) is 11.3. The summed E-state index contributed by atoms with van der Waals surface area (Å²) in [5.41, 5.74) is 1.22. The Hall–Kier alpha value is -3.56. The molecular weight excluding hydrogens is 450 g/mol. The van der Waals surface area contributed by atoms with Gasteiger partial charge in [0.25, 0.3) is 5.56 Å². The Morgan fingerprint density at radius 3 is 2.50 bits per heavy atom. The normalized spacial score (nSPS) is 14.4. The van der Waals surface area contributed by atoms with Crippen molar-refractivity contribution in [2.24, 2.45) is 0 Å². The first kappa shape index (κ1) is 22.2. The highest BCUT2D eigenvalue weighted by Crippen LogP contribution is 2.28. The number of nitrogens with zero attached hydrogens (tertiary/aromatic N) is 5. The Morgan fingerprint density at radius 2 is 1.82 bits per heavy atom. The monoisotopic (exact) mass is 475 g/mol. The van der Waals surface area contributed by atoms with Crippen molar-refractivity contribution in [1.82, 2.24) is 19.7 Å². The standard InChI is InChI=1S/C25H25N5O3S/c1-2-33-25(32)18-9-10-22(26-16-18)29-13-11-28(12-14-29)17-30-24(31)20-7-4-3-6-19(20)23(27-30)21-8-5-15-34-21/h3-10,15-16H,2,11-14,17H2,1H3. The summed E-state index contributed by atoms with van der Waals surface area (Å²) in [5.74, 6) is 0.468. The number of carbonyl (C=O) groups is 1. The first-order valence-corrected chi connectivity index (χ1v) is 12.2. The molecule has 4 heterocycles. The summed E-state index contributed by atoms with van der Waals surface area (Å²) in [6, 6.07) is 15.3. The second-order valence-electron chi connectivity index (χ2n) is 8.05. The highest BCUT2D eigenvalue weighted by atomic mass is 32.1. The lowest BCUT2D eigenvalue weighted by Gasteiger charge is -2.35. The first-order chi connectivity index (χ1) is 16.6. The number of ether oxygens (including phenoxy) is 1. The van der Waals surface area contributed by atoms with E-state index in [0.29, 0.717) is 24.2 Å². The molecule has 4 aromatic rings. The van der Waals surface area contributed by atoms with Crippen LogP contribution in [0.4, 0.5) is 5.82 Å². The molecule has 0 aliphatic carbocycles. The smallest absolute Gasteiger partial charge is 0.339 e. The van der Waals surface area contributed by atoms with Crippen molar-refractivity contribution in [1.29, 1.82) is 0 Å². The molecule has 0 unspecified atom stereocenters. The minimum atomic E-state index is -0.360. The summed E-state index contributed by atoms with van der Waals surface area (Å²) in [5, 5.41) is 8.35. The van der Waals surface area contributed by atoms with Crippen molar-refractivity contribution in [2.45, 2.75) is 13.6 Å². The quantitative estimate of drug-likeness (QED) is 0.395. The van der Waals surface area contributed by atoms with Gasteiger partial charge >= 0.3 is 5.97 Å². The number of hydrogen-bond acceptors (Lipinski definition) is 8. The van der Waals surface area contributed by atoms with E-state index in [4.69, 9.17) is 9.84 Å². The summed E-state index contributed by atoms with van der Waals surface area (Å²) in [4.78, 5) is 34.9. The molecule has 0 atom stereocenters. The van der Waals surface area contributed by atoms with Crippen molar-refractivity contribution in [3.63, 3.8) is 0 Å². The summed E-state index contributed by atoms with van der Waals surface area (Å²) in [7, 11) is 0.